The lowest BCUT2D eigenvalue weighted by Crippen LogP contribution is -2.14. The van der Waals surface area contributed by atoms with Crippen LogP contribution in [-0.4, -0.2) is 18.0 Å². The van der Waals surface area contributed by atoms with E-state index in [1.54, 1.807) is 30.2 Å². The van der Waals surface area contributed by atoms with Crippen LogP contribution in [0.25, 0.3) is 0 Å². The summed E-state index contributed by atoms with van der Waals surface area (Å²) in [5, 5.41) is 4.86. The minimum Gasteiger partial charge on any atom is -0.496 e. The molecule has 1 aromatic heterocycles. The van der Waals surface area contributed by atoms with Crippen LogP contribution in [0.3, 0.4) is 0 Å². The fraction of sp³-hybridized carbons (Fsp3) is 0.200. The Labute approximate surface area is 175 Å². The van der Waals surface area contributed by atoms with Gasteiger partial charge in [0, 0.05) is 21.3 Å². The molecule has 0 aliphatic heterocycles. The molecule has 3 rings (SSSR count). The van der Waals surface area contributed by atoms with Gasteiger partial charge in [-0.3, -0.25) is 4.79 Å². The molecule has 1 N–H and O–H groups in total. The van der Waals surface area contributed by atoms with Gasteiger partial charge in [-0.25, -0.2) is 4.98 Å². The lowest BCUT2D eigenvalue weighted by atomic mass is 10.2. The average molecular weight is 463 g/mol. The zero-order valence-corrected chi connectivity index (χ0v) is 18.2. The maximum absolute atomic E-state index is 12.3. The van der Waals surface area contributed by atoms with E-state index < -0.39 is 0 Å². The van der Waals surface area contributed by atoms with Crippen LogP contribution in [0.15, 0.2) is 56.7 Å². The largest absolute Gasteiger partial charge is 0.496 e. The number of thioether (sulfide) groups is 1. The van der Waals surface area contributed by atoms with Crippen molar-refractivity contribution in [2.45, 2.75) is 23.4 Å². The molecule has 0 atom stereocenters. The quantitative estimate of drug-likeness (QED) is 0.457. The summed E-state index contributed by atoms with van der Waals surface area (Å²) in [7, 11) is 1.63. The fourth-order valence-electron chi connectivity index (χ4n) is 2.49. The van der Waals surface area contributed by atoms with Gasteiger partial charge in [0.1, 0.15) is 10.1 Å². The molecule has 1 amide bonds. The van der Waals surface area contributed by atoms with E-state index in [9.17, 15) is 4.79 Å². The number of hydrogen-bond acceptors (Lipinski definition) is 5. The molecule has 0 saturated carbocycles. The van der Waals surface area contributed by atoms with Gasteiger partial charge in [-0.05, 0) is 48.4 Å². The van der Waals surface area contributed by atoms with Crippen molar-refractivity contribution in [2.75, 3.05) is 12.4 Å². The Morgan fingerprint density at radius 2 is 2.04 bits per heavy atom. The lowest BCUT2D eigenvalue weighted by Gasteiger charge is -2.08. The number of anilines is 1. The smallest absolute Gasteiger partial charge is 0.230 e. The zero-order valence-electron chi connectivity index (χ0n) is 15.0. The van der Waals surface area contributed by atoms with Crippen LogP contribution in [0, 0.1) is 6.92 Å². The van der Waals surface area contributed by atoms with Crippen LogP contribution in [0.4, 0.5) is 5.69 Å². The van der Waals surface area contributed by atoms with Gasteiger partial charge >= 0.3 is 0 Å². The van der Waals surface area contributed by atoms with E-state index in [-0.39, 0.29) is 12.3 Å². The number of aromatic nitrogens is 1. The number of halogens is 1. The molecule has 7 heteroatoms. The Balaban J connectivity index is 1.53. The number of ether oxygens (including phenoxy) is 1. The lowest BCUT2D eigenvalue weighted by molar-refractivity contribution is -0.115. The highest BCUT2D eigenvalue weighted by molar-refractivity contribution is 9.10. The third-order valence-electron chi connectivity index (χ3n) is 3.83. The standard InChI is InChI=1S/C20H19BrN2O2S2/c1-13-9-16(7-8-18(13)25-2)22-19(24)10-17-12-27-20(23-17)26-11-14-3-5-15(21)6-4-14/h3-9,12H,10-11H2,1-2H3,(H,22,24). The molecule has 0 unspecified atom stereocenters. The number of benzene rings is 2. The maximum atomic E-state index is 12.3. The van der Waals surface area contributed by atoms with E-state index >= 15 is 0 Å². The highest BCUT2D eigenvalue weighted by Gasteiger charge is 2.10. The monoisotopic (exact) mass is 462 g/mol. The summed E-state index contributed by atoms with van der Waals surface area (Å²) < 4.78 is 7.29. The van der Waals surface area contributed by atoms with Crippen LogP contribution in [0.1, 0.15) is 16.8 Å². The van der Waals surface area contributed by atoms with Gasteiger partial charge in [-0.15, -0.1) is 11.3 Å². The fourth-order valence-corrected chi connectivity index (χ4v) is 4.55. The third kappa shape index (κ3) is 5.82. The van der Waals surface area contributed by atoms with Crippen molar-refractivity contribution in [1.82, 2.24) is 4.98 Å². The minimum absolute atomic E-state index is 0.0747. The molecule has 3 aromatic rings. The summed E-state index contributed by atoms with van der Waals surface area (Å²) in [6.07, 6.45) is 0.264. The molecule has 0 aliphatic rings. The minimum atomic E-state index is -0.0747. The van der Waals surface area contributed by atoms with Gasteiger partial charge in [0.05, 0.1) is 19.2 Å². The molecule has 140 valence electrons. The first-order valence-electron chi connectivity index (χ1n) is 8.29. The highest BCUT2D eigenvalue weighted by atomic mass is 79.9. The molecule has 0 aliphatic carbocycles. The number of thiazole rings is 1. The van der Waals surface area contributed by atoms with Crippen molar-refractivity contribution in [2.24, 2.45) is 0 Å². The van der Waals surface area contributed by atoms with Gasteiger partial charge in [-0.1, -0.05) is 39.8 Å². The second-order valence-electron chi connectivity index (χ2n) is 5.93. The Morgan fingerprint density at radius 3 is 2.74 bits per heavy atom. The van der Waals surface area contributed by atoms with Gasteiger partial charge in [0.15, 0.2) is 0 Å². The zero-order chi connectivity index (χ0) is 19.2. The normalized spacial score (nSPS) is 10.6. The molecule has 0 bridgehead atoms. The van der Waals surface area contributed by atoms with Gasteiger partial charge < -0.3 is 10.1 Å². The number of methoxy groups -OCH3 is 1. The van der Waals surface area contributed by atoms with E-state index in [0.717, 1.165) is 37.3 Å². The molecule has 0 fully saturated rings. The van der Waals surface area contributed by atoms with Crippen LogP contribution in [0.5, 0.6) is 5.75 Å². The maximum Gasteiger partial charge on any atom is 0.230 e. The van der Waals surface area contributed by atoms with Crippen molar-refractivity contribution < 1.29 is 9.53 Å². The molecule has 27 heavy (non-hydrogen) atoms. The van der Waals surface area contributed by atoms with Gasteiger partial charge in [-0.2, -0.15) is 0 Å². The second-order valence-corrected chi connectivity index (χ2v) is 8.93. The van der Waals surface area contributed by atoms with E-state index in [0.29, 0.717) is 0 Å². The number of nitrogens with zero attached hydrogens (tertiary/aromatic N) is 1. The van der Waals surface area contributed by atoms with Gasteiger partial charge in [0.25, 0.3) is 0 Å². The summed E-state index contributed by atoms with van der Waals surface area (Å²) in [5.41, 5.74) is 3.78. The van der Waals surface area contributed by atoms with E-state index in [1.807, 2.05) is 42.6 Å². The summed E-state index contributed by atoms with van der Waals surface area (Å²) in [4.78, 5) is 16.8. The summed E-state index contributed by atoms with van der Waals surface area (Å²) in [6.45, 7) is 1.95. The molecule has 4 nitrogen and oxygen atoms in total. The number of carbonyl (C=O) groups excluding carboxylic acids is 1. The Hall–Kier alpha value is -1.83. The molecule has 0 saturated heterocycles. The number of amides is 1. The topological polar surface area (TPSA) is 51.2 Å². The van der Waals surface area contributed by atoms with Crippen molar-refractivity contribution in [1.29, 1.82) is 0 Å². The van der Waals surface area contributed by atoms with E-state index in [1.165, 1.54) is 5.56 Å². The van der Waals surface area contributed by atoms with Crippen molar-refractivity contribution >= 4 is 50.6 Å². The third-order valence-corrected chi connectivity index (χ3v) is 6.50. The van der Waals surface area contributed by atoms with Crippen molar-refractivity contribution in [3.05, 3.63) is 69.1 Å². The van der Waals surface area contributed by atoms with E-state index in [2.05, 4.69) is 38.4 Å². The first-order valence-corrected chi connectivity index (χ1v) is 11.0. The molecule has 2 aromatic carbocycles. The van der Waals surface area contributed by atoms with Crippen LogP contribution < -0.4 is 10.1 Å². The number of nitrogens with one attached hydrogen (secondary N) is 1. The van der Waals surface area contributed by atoms with Crippen LogP contribution >= 0.6 is 39.0 Å². The molecular weight excluding hydrogens is 444 g/mol. The van der Waals surface area contributed by atoms with E-state index in [4.69, 9.17) is 4.74 Å². The predicted octanol–water partition coefficient (Wildman–Crippen LogP) is 5.70. The summed E-state index contributed by atoms with van der Waals surface area (Å²) in [6, 6.07) is 13.8. The first kappa shape index (κ1) is 19.9. The average Bonchev–Trinajstić information content (AvgIpc) is 3.08. The molecular formula is C20H19BrN2O2S2. The number of aryl methyl sites for hydroxylation is 1. The number of rotatable bonds is 7. The number of carbonyl (C=O) groups is 1. The molecule has 1 heterocycles. The summed E-state index contributed by atoms with van der Waals surface area (Å²) >= 11 is 6.70. The Morgan fingerprint density at radius 1 is 1.26 bits per heavy atom. The first-order chi connectivity index (χ1) is 13.0. The molecule has 0 spiro atoms. The van der Waals surface area contributed by atoms with Crippen molar-refractivity contribution in [3.8, 4) is 5.75 Å². The SMILES string of the molecule is COc1ccc(NC(=O)Cc2csc(SCc3ccc(Br)cc3)n2)cc1C. The van der Waals surface area contributed by atoms with Crippen LogP contribution in [0.2, 0.25) is 0 Å². The summed E-state index contributed by atoms with van der Waals surface area (Å²) in [5.74, 6) is 1.59. The van der Waals surface area contributed by atoms with Crippen molar-refractivity contribution in [3.63, 3.8) is 0 Å². The Bertz CT molecular complexity index is 926. The second kappa shape index (κ2) is 9.39. The molecule has 0 radical (unpaired) electrons. The van der Waals surface area contributed by atoms with Gasteiger partial charge in [0.2, 0.25) is 5.91 Å². The number of hydrogen-bond donors (Lipinski definition) is 1. The highest BCUT2D eigenvalue weighted by Crippen LogP contribution is 2.27. The van der Waals surface area contributed by atoms with Crippen LogP contribution in [-0.2, 0) is 17.0 Å². The predicted molar refractivity (Wildman–Crippen MR) is 116 cm³/mol. The Kier molecular flexibility index (Phi) is 6.93.